The lowest BCUT2D eigenvalue weighted by Crippen LogP contribution is -2.54. The third-order valence-corrected chi connectivity index (χ3v) is 24.0. The average molecular weight is 559 g/mol. The molecule has 0 saturated heterocycles. The first-order valence-corrected chi connectivity index (χ1v) is 28.4. The molecular weight excluding hydrogens is 513 g/mol. The van der Waals surface area contributed by atoms with Crippen molar-refractivity contribution in [3.05, 3.63) is 36.8 Å². The highest BCUT2D eigenvalue weighted by molar-refractivity contribution is 6.91. The summed E-state index contributed by atoms with van der Waals surface area (Å²) in [7, 11) is -14.5. The van der Waals surface area contributed by atoms with Gasteiger partial charge in [0.25, 0.3) is 0 Å². The zero-order valence-corrected chi connectivity index (χ0v) is 28.9. The largest absolute Gasteiger partial charge is 0.438 e. The molecule has 184 valence electrons. The van der Waals surface area contributed by atoms with Gasteiger partial charge in [0.1, 0.15) is 0 Å². The van der Waals surface area contributed by atoms with E-state index in [1.165, 1.54) is 0 Å². The van der Waals surface area contributed by atoms with Crippen LogP contribution in [0.5, 0.6) is 0 Å². The second-order valence-electron chi connectivity index (χ2n) is 9.73. The second kappa shape index (κ2) is 12.8. The lowest BCUT2D eigenvalue weighted by Gasteiger charge is -2.37. The maximum atomic E-state index is 9.56. The maximum absolute atomic E-state index is 9.56. The maximum Gasteiger partial charge on any atom is 0.342 e. The van der Waals surface area contributed by atoms with E-state index >= 15 is 0 Å². The van der Waals surface area contributed by atoms with Gasteiger partial charge in [0.2, 0.25) is 0 Å². The molecule has 0 fully saturated rings. The van der Waals surface area contributed by atoms with Crippen LogP contribution in [-0.4, -0.2) is 70.5 Å². The minimum atomic E-state index is -2.54. The van der Waals surface area contributed by atoms with E-state index in [-0.39, 0.29) is 0 Å². The lowest BCUT2D eigenvalue weighted by molar-refractivity contribution is 0.293. The van der Waals surface area contributed by atoms with Crippen LogP contribution in [0, 0.1) is 0 Å². The fourth-order valence-corrected chi connectivity index (χ4v) is 25.3. The van der Waals surface area contributed by atoms with Crippen molar-refractivity contribution in [3.8, 4) is 0 Å². The van der Waals surface area contributed by atoms with Gasteiger partial charge in [-0.1, -0.05) is 17.1 Å². The number of hydrogen-bond donors (Lipinski definition) is 2. The molecule has 1 atom stereocenters. The van der Waals surface area contributed by atoms with Crippen LogP contribution >= 0.6 is 0 Å². The summed E-state index contributed by atoms with van der Waals surface area (Å²) in [5, 5.41) is 0. The molecular formula is C17H46O7Si7. The van der Waals surface area contributed by atoms with E-state index in [4.69, 9.17) is 20.6 Å². The molecule has 0 bridgehead atoms. The van der Waals surface area contributed by atoms with Crippen molar-refractivity contribution in [2.45, 2.75) is 72.0 Å². The minimum absolute atomic E-state index is 0.682. The minimum Gasteiger partial charge on any atom is -0.438 e. The predicted molar refractivity (Wildman–Crippen MR) is 148 cm³/mol. The molecule has 0 aromatic carbocycles. The van der Waals surface area contributed by atoms with Gasteiger partial charge in [-0.05, 0) is 72.0 Å². The smallest absolute Gasteiger partial charge is 0.342 e. The first kappa shape index (κ1) is 33.6. The molecule has 0 radical (unpaired) electrons. The van der Waals surface area contributed by atoms with Gasteiger partial charge in [0.15, 0.2) is 18.1 Å². The van der Waals surface area contributed by atoms with Gasteiger partial charge in [-0.2, -0.15) is 0 Å². The zero-order chi connectivity index (χ0) is 25.4. The molecule has 0 heterocycles. The van der Waals surface area contributed by atoms with Crippen molar-refractivity contribution in [2.75, 3.05) is 0 Å². The molecule has 0 aliphatic heterocycles. The van der Waals surface area contributed by atoms with Crippen molar-refractivity contribution in [1.29, 1.82) is 0 Å². The predicted octanol–water partition coefficient (Wildman–Crippen LogP) is 3.80. The Hall–Kier alpha value is 0.458. The summed E-state index contributed by atoms with van der Waals surface area (Å²) in [6.07, 6.45) is 0. The molecule has 31 heavy (non-hydrogen) atoms. The molecule has 0 aliphatic carbocycles. The Labute approximate surface area is 199 Å². The molecule has 1 unspecified atom stereocenters. The summed E-state index contributed by atoms with van der Waals surface area (Å²) >= 11 is 0. The first-order valence-electron chi connectivity index (χ1n) is 10.3. The van der Waals surface area contributed by atoms with Gasteiger partial charge >= 0.3 is 42.8 Å². The highest BCUT2D eigenvalue weighted by Crippen LogP contribution is 2.22. The van der Waals surface area contributed by atoms with Crippen LogP contribution in [0.3, 0.4) is 0 Å². The monoisotopic (exact) mass is 558 g/mol. The molecule has 0 aromatic rings. The van der Waals surface area contributed by atoms with Gasteiger partial charge in [-0.25, -0.2) is 0 Å². The number of hydrogen-bond acceptors (Lipinski definition) is 7. The van der Waals surface area contributed by atoms with E-state index < -0.39 is 60.9 Å². The number of rotatable bonds is 13. The van der Waals surface area contributed by atoms with Gasteiger partial charge in [-0.15, -0.1) is 19.7 Å². The average Bonchev–Trinajstić information content (AvgIpc) is 2.47. The molecule has 7 nitrogen and oxygen atoms in total. The highest BCUT2D eigenvalue weighted by Gasteiger charge is 2.41. The van der Waals surface area contributed by atoms with Crippen LogP contribution in [0.15, 0.2) is 36.8 Å². The Kier molecular flexibility index (Phi) is 13.9. The van der Waals surface area contributed by atoms with Gasteiger partial charge in [0, 0.05) is 0 Å². The van der Waals surface area contributed by atoms with E-state index in [9.17, 15) is 9.59 Å². The zero-order valence-electron chi connectivity index (χ0n) is 21.5. The summed E-state index contributed by atoms with van der Waals surface area (Å²) in [6, 6.07) is 0. The highest BCUT2D eigenvalue weighted by atomic mass is 28.5. The third kappa shape index (κ3) is 19.6. The normalized spacial score (nSPS) is 15.8. The van der Waals surface area contributed by atoms with Gasteiger partial charge in [-0.3, -0.25) is 0 Å². The van der Waals surface area contributed by atoms with Crippen LogP contribution in [-0.2, 0) is 20.6 Å². The SMILES string of the molecule is C=C[SiH2]O[Si](C)(C)O[Si](C)(C=C)O[Si](C)(C)C=C.C[Si](C)(O)O[Si](C)(C)O[Si](C)(C)O. The standard InChI is InChI=1S/C11H26O3Si4.C6H20O4Si3/c1-9-15-12-17(6,7)14-18(8,11-3)13-16(4,5)10-2;1-11(2,7)9-13(5,6)10-12(3,4)8/h9-11H,1-3,15H2,4-8H3;7-8H,1-6H3. The summed E-state index contributed by atoms with van der Waals surface area (Å²) in [4.78, 5) is 19.1. The fraction of sp³-hybridized carbons (Fsp3) is 0.647. The Morgan fingerprint density at radius 2 is 1.03 bits per heavy atom. The summed E-state index contributed by atoms with van der Waals surface area (Å²) in [5.74, 6) is 0. The van der Waals surface area contributed by atoms with Crippen molar-refractivity contribution >= 4 is 60.9 Å². The Balaban J connectivity index is 0. The van der Waals surface area contributed by atoms with E-state index in [1.807, 2.05) is 49.8 Å². The van der Waals surface area contributed by atoms with Gasteiger partial charge < -0.3 is 30.2 Å². The third-order valence-electron chi connectivity index (χ3n) is 3.32. The first-order chi connectivity index (χ1) is 13.5. The van der Waals surface area contributed by atoms with Crippen molar-refractivity contribution < 1.29 is 30.2 Å². The summed E-state index contributed by atoms with van der Waals surface area (Å²) < 4.78 is 29.2. The van der Waals surface area contributed by atoms with Crippen molar-refractivity contribution in [1.82, 2.24) is 0 Å². The summed E-state index contributed by atoms with van der Waals surface area (Å²) in [5.41, 5.74) is 5.62. The summed E-state index contributed by atoms with van der Waals surface area (Å²) in [6.45, 7) is 32.2. The molecule has 0 aromatic heterocycles. The molecule has 14 heteroatoms. The molecule has 0 spiro atoms. The van der Waals surface area contributed by atoms with E-state index in [2.05, 4.69) is 32.8 Å². The van der Waals surface area contributed by atoms with Crippen molar-refractivity contribution in [2.24, 2.45) is 0 Å². The molecule has 0 rings (SSSR count). The van der Waals surface area contributed by atoms with Crippen molar-refractivity contribution in [3.63, 3.8) is 0 Å². The van der Waals surface area contributed by atoms with E-state index in [0.29, 0.717) is 0 Å². The lowest BCUT2D eigenvalue weighted by atomic mass is 11.3. The second-order valence-corrected chi connectivity index (χ2v) is 32.5. The van der Waals surface area contributed by atoms with Crippen LogP contribution in [0.4, 0.5) is 0 Å². The van der Waals surface area contributed by atoms with Crippen LogP contribution in [0.25, 0.3) is 0 Å². The Bertz CT molecular complexity index is 568. The quantitative estimate of drug-likeness (QED) is 0.332. The van der Waals surface area contributed by atoms with Crippen LogP contribution in [0.2, 0.25) is 72.0 Å². The molecule has 0 aliphatic rings. The van der Waals surface area contributed by atoms with Gasteiger partial charge in [0.05, 0.1) is 0 Å². The molecule has 2 N–H and O–H groups in total. The fourth-order valence-electron chi connectivity index (χ4n) is 2.67. The molecule has 0 saturated carbocycles. The Morgan fingerprint density at radius 3 is 1.32 bits per heavy atom. The Morgan fingerprint density at radius 1 is 0.613 bits per heavy atom. The van der Waals surface area contributed by atoms with E-state index in [1.54, 1.807) is 26.2 Å². The van der Waals surface area contributed by atoms with Crippen LogP contribution < -0.4 is 0 Å². The topological polar surface area (TPSA) is 86.6 Å². The van der Waals surface area contributed by atoms with Crippen LogP contribution in [0.1, 0.15) is 0 Å². The molecule has 0 amide bonds. The van der Waals surface area contributed by atoms with E-state index in [0.717, 1.165) is 0 Å².